The van der Waals surface area contributed by atoms with Gasteiger partial charge in [-0.25, -0.2) is 9.18 Å². The Labute approximate surface area is 138 Å². The Hall–Kier alpha value is -2.25. The minimum Gasteiger partial charge on any atom is -0.392 e. The van der Waals surface area contributed by atoms with Crippen LogP contribution in [0.15, 0.2) is 40.1 Å². The van der Waals surface area contributed by atoms with Crippen molar-refractivity contribution in [1.29, 1.82) is 0 Å². The third-order valence-corrected chi connectivity index (χ3v) is 4.51. The van der Waals surface area contributed by atoms with Crippen molar-refractivity contribution in [2.75, 3.05) is 6.54 Å². The summed E-state index contributed by atoms with van der Waals surface area (Å²) in [5.74, 6) is -0.327. The first-order valence-corrected chi connectivity index (χ1v) is 7.80. The van der Waals surface area contributed by atoms with Crippen molar-refractivity contribution < 1.29 is 9.50 Å². The molecule has 0 amide bonds. The molecule has 0 unspecified atom stereocenters. The van der Waals surface area contributed by atoms with E-state index in [4.69, 9.17) is 0 Å². The summed E-state index contributed by atoms with van der Waals surface area (Å²) in [6.07, 6.45) is 1.47. The van der Waals surface area contributed by atoms with Crippen LogP contribution in [0.1, 0.15) is 23.6 Å². The fraction of sp³-hybridized carbons (Fsp3) is 0.412. The predicted octanol–water partition coefficient (Wildman–Crippen LogP) is 0.531. The maximum atomic E-state index is 13.5. The molecule has 2 atom stereocenters. The molecule has 0 radical (unpaired) electrons. The second kappa shape index (κ2) is 6.33. The molecule has 7 heteroatoms. The van der Waals surface area contributed by atoms with Gasteiger partial charge in [-0.05, 0) is 24.1 Å². The van der Waals surface area contributed by atoms with E-state index in [0.717, 1.165) is 10.1 Å². The zero-order chi connectivity index (χ0) is 17.4. The van der Waals surface area contributed by atoms with Gasteiger partial charge in [-0.1, -0.05) is 12.1 Å². The Bertz CT molecular complexity index is 874. The van der Waals surface area contributed by atoms with Crippen molar-refractivity contribution in [1.82, 2.24) is 14.0 Å². The first kappa shape index (κ1) is 16.6. The van der Waals surface area contributed by atoms with E-state index in [-0.39, 0.29) is 23.1 Å². The van der Waals surface area contributed by atoms with Gasteiger partial charge in [0.2, 0.25) is 0 Å². The number of rotatable bonds is 3. The van der Waals surface area contributed by atoms with Gasteiger partial charge >= 0.3 is 5.69 Å². The summed E-state index contributed by atoms with van der Waals surface area (Å²) in [7, 11) is 3.03. The summed E-state index contributed by atoms with van der Waals surface area (Å²) < 4.78 is 15.9. The molecule has 24 heavy (non-hydrogen) atoms. The van der Waals surface area contributed by atoms with Crippen molar-refractivity contribution in [3.63, 3.8) is 0 Å². The quantitative estimate of drug-likeness (QED) is 0.890. The van der Waals surface area contributed by atoms with Crippen LogP contribution < -0.4 is 11.2 Å². The van der Waals surface area contributed by atoms with E-state index in [1.54, 1.807) is 13.1 Å². The maximum Gasteiger partial charge on any atom is 0.330 e. The van der Waals surface area contributed by atoms with Crippen LogP contribution in [0, 0.1) is 5.82 Å². The zero-order valence-electron chi connectivity index (χ0n) is 13.6. The number of halogens is 1. The number of nitrogens with zero attached hydrogens (tertiary/aromatic N) is 3. The minimum atomic E-state index is -0.533. The van der Waals surface area contributed by atoms with Crippen molar-refractivity contribution in [2.24, 2.45) is 14.1 Å². The number of hydrogen-bond donors (Lipinski definition) is 1. The first-order chi connectivity index (χ1) is 11.4. The van der Waals surface area contributed by atoms with Gasteiger partial charge in [-0.15, -0.1) is 0 Å². The van der Waals surface area contributed by atoms with Gasteiger partial charge in [0, 0.05) is 45.0 Å². The third kappa shape index (κ3) is 3.05. The molecule has 1 aliphatic heterocycles. The Morgan fingerprint density at radius 1 is 1.29 bits per heavy atom. The molecule has 1 aromatic heterocycles. The van der Waals surface area contributed by atoms with Crippen LogP contribution in [0.25, 0.3) is 0 Å². The molecule has 0 spiro atoms. The number of benzene rings is 1. The zero-order valence-corrected chi connectivity index (χ0v) is 13.6. The molecule has 1 saturated heterocycles. The predicted molar refractivity (Wildman–Crippen MR) is 87.1 cm³/mol. The summed E-state index contributed by atoms with van der Waals surface area (Å²) in [5, 5.41) is 10.0. The minimum absolute atomic E-state index is 0.169. The lowest BCUT2D eigenvalue weighted by Gasteiger charge is -2.24. The van der Waals surface area contributed by atoms with Crippen molar-refractivity contribution in [3.8, 4) is 0 Å². The lowest BCUT2D eigenvalue weighted by atomic mass is 10.0. The number of aryl methyl sites for hydroxylation is 1. The fourth-order valence-corrected chi connectivity index (χ4v) is 3.33. The molecule has 1 aliphatic rings. The Morgan fingerprint density at radius 2 is 2.04 bits per heavy atom. The van der Waals surface area contributed by atoms with Crippen LogP contribution in [0.5, 0.6) is 0 Å². The molecule has 0 saturated carbocycles. The molecule has 1 aromatic carbocycles. The standard InChI is InChI=1S/C17H20FN3O3/c1-19-8-12(16(23)20(2)17(19)24)9-21-10-14(22)7-15(21)11-4-3-5-13(18)6-11/h3-6,8,14-15,22H,7,9-10H2,1-2H3/t14-,15-/m1/s1. The summed E-state index contributed by atoms with van der Waals surface area (Å²) in [6, 6.07) is 6.12. The van der Waals surface area contributed by atoms with Crippen molar-refractivity contribution in [2.45, 2.75) is 25.1 Å². The maximum absolute atomic E-state index is 13.5. The molecule has 2 aromatic rings. The van der Waals surface area contributed by atoms with Crippen molar-refractivity contribution in [3.05, 3.63) is 68.2 Å². The molecule has 2 heterocycles. The van der Waals surface area contributed by atoms with Crippen LogP contribution >= 0.6 is 0 Å². The monoisotopic (exact) mass is 333 g/mol. The van der Waals surface area contributed by atoms with Gasteiger partial charge in [-0.3, -0.25) is 14.3 Å². The molecule has 1 N–H and O–H groups in total. The lowest BCUT2D eigenvalue weighted by molar-refractivity contribution is 0.172. The molecule has 0 aliphatic carbocycles. The second-order valence-electron chi connectivity index (χ2n) is 6.30. The van der Waals surface area contributed by atoms with Crippen LogP contribution in [0.3, 0.4) is 0 Å². The van der Waals surface area contributed by atoms with E-state index in [9.17, 15) is 19.1 Å². The van der Waals surface area contributed by atoms with E-state index in [2.05, 4.69) is 0 Å². The number of aliphatic hydroxyl groups is 1. The highest BCUT2D eigenvalue weighted by atomic mass is 19.1. The fourth-order valence-electron chi connectivity index (χ4n) is 3.33. The van der Waals surface area contributed by atoms with E-state index in [0.29, 0.717) is 25.1 Å². The van der Waals surface area contributed by atoms with Crippen LogP contribution in [0.2, 0.25) is 0 Å². The topological polar surface area (TPSA) is 67.5 Å². The largest absolute Gasteiger partial charge is 0.392 e. The van der Waals surface area contributed by atoms with Gasteiger partial charge in [0.25, 0.3) is 5.56 Å². The Kier molecular flexibility index (Phi) is 4.38. The highest BCUT2D eigenvalue weighted by molar-refractivity contribution is 5.22. The van der Waals surface area contributed by atoms with Gasteiger partial charge in [0.1, 0.15) is 5.82 Å². The summed E-state index contributed by atoms with van der Waals surface area (Å²) >= 11 is 0. The van der Waals surface area contributed by atoms with Gasteiger partial charge in [0.05, 0.1) is 6.10 Å². The highest BCUT2D eigenvalue weighted by Gasteiger charge is 2.32. The van der Waals surface area contributed by atoms with E-state index >= 15 is 0 Å². The average molecular weight is 333 g/mol. The average Bonchev–Trinajstić information content (AvgIpc) is 2.91. The normalized spacial score (nSPS) is 21.3. The Balaban J connectivity index is 1.94. The number of aromatic nitrogens is 2. The summed E-state index contributed by atoms with van der Waals surface area (Å²) in [5.41, 5.74) is 0.507. The summed E-state index contributed by atoms with van der Waals surface area (Å²) in [4.78, 5) is 26.0. The van der Waals surface area contributed by atoms with Crippen molar-refractivity contribution >= 4 is 0 Å². The number of aliphatic hydroxyl groups excluding tert-OH is 1. The van der Waals surface area contributed by atoms with Crippen LogP contribution in [-0.4, -0.2) is 31.8 Å². The first-order valence-electron chi connectivity index (χ1n) is 7.80. The molecule has 6 nitrogen and oxygen atoms in total. The summed E-state index contributed by atoms with van der Waals surface area (Å²) in [6.45, 7) is 0.687. The third-order valence-electron chi connectivity index (χ3n) is 4.51. The lowest BCUT2D eigenvalue weighted by Crippen LogP contribution is -2.40. The van der Waals surface area contributed by atoms with Gasteiger partial charge in [-0.2, -0.15) is 0 Å². The van der Waals surface area contributed by atoms with Gasteiger partial charge in [0.15, 0.2) is 0 Å². The molecular formula is C17H20FN3O3. The van der Waals surface area contributed by atoms with E-state index < -0.39 is 6.10 Å². The number of hydrogen-bond acceptors (Lipinski definition) is 4. The van der Waals surface area contributed by atoms with Gasteiger partial charge < -0.3 is 9.67 Å². The van der Waals surface area contributed by atoms with E-state index in [1.807, 2.05) is 11.0 Å². The highest BCUT2D eigenvalue weighted by Crippen LogP contribution is 2.33. The van der Waals surface area contributed by atoms with E-state index in [1.165, 1.54) is 29.9 Å². The SMILES string of the molecule is Cn1cc(CN2C[C@H](O)C[C@@H]2c2cccc(F)c2)c(=O)n(C)c1=O. The number of β-amino-alcohol motifs (C(OH)–C–C–N with tert-alkyl or cyclic N) is 1. The van der Waals surface area contributed by atoms with Crippen LogP contribution in [0.4, 0.5) is 4.39 Å². The molecular weight excluding hydrogens is 313 g/mol. The Morgan fingerprint density at radius 3 is 2.75 bits per heavy atom. The molecule has 1 fully saturated rings. The second-order valence-corrected chi connectivity index (χ2v) is 6.30. The smallest absolute Gasteiger partial charge is 0.330 e. The number of likely N-dealkylation sites (tertiary alicyclic amines) is 1. The molecule has 128 valence electrons. The molecule has 3 rings (SSSR count). The molecule has 0 bridgehead atoms. The van der Waals surface area contributed by atoms with Crippen LogP contribution in [-0.2, 0) is 20.6 Å².